The van der Waals surface area contributed by atoms with Crippen molar-refractivity contribution in [2.24, 2.45) is 5.92 Å². The maximum Gasteiger partial charge on any atom is 0.272 e. The van der Waals surface area contributed by atoms with Gasteiger partial charge in [-0.3, -0.25) is 19.5 Å². The maximum absolute atomic E-state index is 13.1. The number of nitrogens with one attached hydrogen (secondary N) is 1. The number of nitrogens with zero attached hydrogens (tertiary/aromatic N) is 5. The van der Waals surface area contributed by atoms with E-state index in [4.69, 9.17) is 0 Å². The van der Waals surface area contributed by atoms with Crippen molar-refractivity contribution in [2.45, 2.75) is 26.4 Å². The SMILES string of the molecule is C=C[C@@H](C)[C@H](NC(=O)c1cn(Cc2ccccc2)c(C)n1)C(=O)N(C)c1cnccn1. The first kappa shape index (κ1) is 21.9. The molecule has 2 atom stereocenters. The third-order valence-electron chi connectivity index (χ3n) is 5.08. The van der Waals surface area contributed by atoms with Gasteiger partial charge in [-0.1, -0.05) is 43.3 Å². The Hall–Kier alpha value is -3.81. The van der Waals surface area contributed by atoms with Crippen LogP contribution in [0.15, 0.2) is 67.8 Å². The smallest absolute Gasteiger partial charge is 0.272 e. The number of anilines is 1. The Balaban J connectivity index is 1.77. The predicted octanol–water partition coefficient (Wildman–Crippen LogP) is 2.61. The standard InChI is InChI=1S/C23H26N6O2/c1-5-16(2)21(23(31)28(4)20-13-24-11-12-25-20)27-22(30)19-15-29(17(3)26-19)14-18-9-7-6-8-10-18/h5-13,15-16,21H,1,14H2,2-4H3,(H,27,30)/t16-,21+/m1/s1. The van der Waals surface area contributed by atoms with Crippen molar-refractivity contribution in [3.8, 4) is 0 Å². The minimum absolute atomic E-state index is 0.254. The average Bonchev–Trinajstić information content (AvgIpc) is 3.17. The molecule has 0 saturated heterocycles. The first-order valence-electron chi connectivity index (χ1n) is 9.95. The van der Waals surface area contributed by atoms with Gasteiger partial charge in [-0.15, -0.1) is 6.58 Å². The van der Waals surface area contributed by atoms with Crippen molar-refractivity contribution in [1.82, 2.24) is 24.8 Å². The number of amides is 2. The number of benzene rings is 1. The van der Waals surface area contributed by atoms with E-state index < -0.39 is 11.9 Å². The van der Waals surface area contributed by atoms with Crippen LogP contribution >= 0.6 is 0 Å². The number of hydrogen-bond acceptors (Lipinski definition) is 5. The highest BCUT2D eigenvalue weighted by molar-refractivity contribution is 6.01. The Morgan fingerprint density at radius 1 is 1.26 bits per heavy atom. The van der Waals surface area contributed by atoms with Gasteiger partial charge < -0.3 is 9.88 Å². The molecule has 8 heteroatoms. The number of likely N-dealkylation sites (N-methyl/N-ethyl adjacent to an activating group) is 1. The molecule has 2 amide bonds. The normalized spacial score (nSPS) is 12.6. The highest BCUT2D eigenvalue weighted by atomic mass is 16.2. The van der Waals surface area contributed by atoms with Crippen LogP contribution in [-0.4, -0.2) is 44.4 Å². The summed E-state index contributed by atoms with van der Waals surface area (Å²) in [5.74, 6) is 0.0654. The van der Waals surface area contributed by atoms with E-state index in [1.54, 1.807) is 19.3 Å². The Morgan fingerprint density at radius 2 is 2.00 bits per heavy atom. The fourth-order valence-electron chi connectivity index (χ4n) is 3.11. The Labute approximate surface area is 181 Å². The lowest BCUT2D eigenvalue weighted by atomic mass is 10.0. The van der Waals surface area contributed by atoms with Gasteiger partial charge in [0.25, 0.3) is 11.8 Å². The van der Waals surface area contributed by atoms with Crippen LogP contribution in [0.5, 0.6) is 0 Å². The molecule has 0 radical (unpaired) electrons. The molecule has 0 aliphatic carbocycles. The van der Waals surface area contributed by atoms with Crippen LogP contribution in [0.1, 0.15) is 28.8 Å². The zero-order valence-corrected chi connectivity index (χ0v) is 17.9. The topological polar surface area (TPSA) is 93.0 Å². The van der Waals surface area contributed by atoms with Crippen LogP contribution in [0.4, 0.5) is 5.82 Å². The number of aromatic nitrogens is 4. The van der Waals surface area contributed by atoms with Gasteiger partial charge in [-0.25, -0.2) is 9.97 Å². The molecule has 3 aromatic rings. The molecule has 0 saturated carbocycles. The van der Waals surface area contributed by atoms with E-state index in [2.05, 4.69) is 26.8 Å². The molecular formula is C23H26N6O2. The third kappa shape index (κ3) is 5.22. The van der Waals surface area contributed by atoms with E-state index >= 15 is 0 Å². The van der Waals surface area contributed by atoms with E-state index in [1.807, 2.05) is 48.7 Å². The zero-order valence-electron chi connectivity index (χ0n) is 17.9. The van der Waals surface area contributed by atoms with Gasteiger partial charge >= 0.3 is 0 Å². The molecule has 0 aliphatic rings. The fourth-order valence-corrected chi connectivity index (χ4v) is 3.11. The molecule has 8 nitrogen and oxygen atoms in total. The molecule has 0 unspecified atom stereocenters. The highest BCUT2D eigenvalue weighted by Gasteiger charge is 2.30. The van der Waals surface area contributed by atoms with E-state index in [9.17, 15) is 9.59 Å². The Kier molecular flexibility index (Phi) is 6.92. The molecule has 0 spiro atoms. The summed E-state index contributed by atoms with van der Waals surface area (Å²) in [5, 5.41) is 2.81. The third-order valence-corrected chi connectivity index (χ3v) is 5.08. The largest absolute Gasteiger partial charge is 0.338 e. The van der Waals surface area contributed by atoms with Gasteiger partial charge in [0.1, 0.15) is 17.6 Å². The second-order valence-electron chi connectivity index (χ2n) is 7.29. The van der Waals surface area contributed by atoms with Crippen LogP contribution < -0.4 is 10.2 Å². The zero-order chi connectivity index (χ0) is 22.4. The highest BCUT2D eigenvalue weighted by Crippen LogP contribution is 2.14. The summed E-state index contributed by atoms with van der Waals surface area (Å²) in [6, 6.07) is 9.10. The van der Waals surface area contributed by atoms with E-state index in [0.717, 1.165) is 5.56 Å². The number of carbonyl (C=O) groups is 2. The molecule has 0 fully saturated rings. The monoisotopic (exact) mass is 418 g/mol. The number of carbonyl (C=O) groups excluding carboxylic acids is 2. The summed E-state index contributed by atoms with van der Waals surface area (Å²) < 4.78 is 1.91. The molecule has 0 bridgehead atoms. The van der Waals surface area contributed by atoms with Gasteiger partial charge in [0.05, 0.1) is 6.20 Å². The minimum atomic E-state index is -0.823. The van der Waals surface area contributed by atoms with Crippen molar-refractivity contribution < 1.29 is 9.59 Å². The van der Waals surface area contributed by atoms with Gasteiger partial charge in [0, 0.05) is 38.1 Å². The predicted molar refractivity (Wildman–Crippen MR) is 119 cm³/mol. The first-order valence-corrected chi connectivity index (χ1v) is 9.95. The van der Waals surface area contributed by atoms with Crippen LogP contribution in [-0.2, 0) is 11.3 Å². The second kappa shape index (κ2) is 9.80. The van der Waals surface area contributed by atoms with Crippen LogP contribution in [0.25, 0.3) is 0 Å². The van der Waals surface area contributed by atoms with Crippen molar-refractivity contribution in [2.75, 3.05) is 11.9 Å². The van der Waals surface area contributed by atoms with Gasteiger partial charge in [0.2, 0.25) is 0 Å². The van der Waals surface area contributed by atoms with E-state index in [1.165, 1.54) is 23.5 Å². The van der Waals surface area contributed by atoms with Crippen molar-refractivity contribution in [3.63, 3.8) is 0 Å². The van der Waals surface area contributed by atoms with Crippen molar-refractivity contribution in [1.29, 1.82) is 0 Å². The number of imidazole rings is 1. The molecule has 1 aromatic carbocycles. The number of rotatable bonds is 8. The van der Waals surface area contributed by atoms with Gasteiger partial charge in [0.15, 0.2) is 5.82 Å². The lowest BCUT2D eigenvalue weighted by Crippen LogP contribution is -2.50. The van der Waals surface area contributed by atoms with E-state index in [0.29, 0.717) is 18.2 Å². The summed E-state index contributed by atoms with van der Waals surface area (Å²) in [6.07, 6.45) is 7.86. The summed E-state index contributed by atoms with van der Waals surface area (Å²) in [7, 11) is 1.60. The van der Waals surface area contributed by atoms with Crippen LogP contribution in [0.2, 0.25) is 0 Å². The van der Waals surface area contributed by atoms with Gasteiger partial charge in [-0.05, 0) is 12.5 Å². The molecule has 1 N–H and O–H groups in total. The summed E-state index contributed by atoms with van der Waals surface area (Å²) in [6.45, 7) is 8.04. The number of aryl methyl sites for hydroxylation is 1. The van der Waals surface area contributed by atoms with Crippen LogP contribution in [0.3, 0.4) is 0 Å². The Morgan fingerprint density at radius 3 is 2.65 bits per heavy atom. The van der Waals surface area contributed by atoms with E-state index in [-0.39, 0.29) is 17.5 Å². The second-order valence-corrected chi connectivity index (χ2v) is 7.29. The maximum atomic E-state index is 13.1. The molecule has 3 rings (SSSR count). The number of hydrogen-bond donors (Lipinski definition) is 1. The first-order chi connectivity index (χ1) is 14.9. The summed E-state index contributed by atoms with van der Waals surface area (Å²) >= 11 is 0. The average molecular weight is 419 g/mol. The quantitative estimate of drug-likeness (QED) is 0.568. The van der Waals surface area contributed by atoms with Crippen LogP contribution in [0, 0.1) is 12.8 Å². The molecule has 2 heterocycles. The molecule has 0 aliphatic heterocycles. The summed E-state index contributed by atoms with van der Waals surface area (Å²) in [5.41, 5.74) is 1.36. The lowest BCUT2D eigenvalue weighted by Gasteiger charge is -2.26. The fraction of sp³-hybridized carbons (Fsp3) is 0.261. The van der Waals surface area contributed by atoms with Gasteiger partial charge in [-0.2, -0.15) is 0 Å². The summed E-state index contributed by atoms with van der Waals surface area (Å²) in [4.78, 5) is 39.9. The molecule has 31 heavy (non-hydrogen) atoms. The molecule has 160 valence electrons. The molecule has 2 aromatic heterocycles. The van der Waals surface area contributed by atoms with Crippen molar-refractivity contribution >= 4 is 17.6 Å². The Bertz CT molecular complexity index is 1050. The lowest BCUT2D eigenvalue weighted by molar-refractivity contribution is -0.120. The van der Waals surface area contributed by atoms with Crippen molar-refractivity contribution in [3.05, 3.63) is 84.9 Å². The molecular weight excluding hydrogens is 392 g/mol. The minimum Gasteiger partial charge on any atom is -0.338 e.